The van der Waals surface area contributed by atoms with Gasteiger partial charge < -0.3 is 20.7 Å². The van der Waals surface area contributed by atoms with Gasteiger partial charge in [0.15, 0.2) is 5.96 Å². The van der Waals surface area contributed by atoms with E-state index in [1.54, 1.807) is 6.20 Å². The first kappa shape index (κ1) is 24.2. The van der Waals surface area contributed by atoms with E-state index in [4.69, 9.17) is 9.73 Å². The monoisotopic (exact) mass is 428 g/mol. The molecule has 3 N–H and O–H groups in total. The molecule has 0 aliphatic carbocycles. The van der Waals surface area contributed by atoms with Gasteiger partial charge in [0.1, 0.15) is 5.60 Å². The van der Waals surface area contributed by atoms with Crippen molar-refractivity contribution in [1.82, 2.24) is 25.7 Å². The maximum absolute atomic E-state index is 12.1. The van der Waals surface area contributed by atoms with E-state index < -0.39 is 17.2 Å². The summed E-state index contributed by atoms with van der Waals surface area (Å²) in [5.74, 6) is 0.694. The molecule has 0 spiro atoms. The van der Waals surface area contributed by atoms with E-state index in [2.05, 4.69) is 39.2 Å². The van der Waals surface area contributed by atoms with Crippen LogP contribution in [0.3, 0.4) is 0 Å². The molecule has 31 heavy (non-hydrogen) atoms. The van der Waals surface area contributed by atoms with Crippen LogP contribution in [0, 0.1) is 0 Å². The minimum Gasteiger partial charge on any atom is -0.444 e. The lowest BCUT2D eigenvalue weighted by atomic mass is 10.1. The van der Waals surface area contributed by atoms with Gasteiger partial charge >= 0.3 is 6.09 Å². The van der Waals surface area contributed by atoms with Crippen LogP contribution in [-0.2, 0) is 17.8 Å². The van der Waals surface area contributed by atoms with Gasteiger partial charge in [-0.05, 0) is 58.7 Å². The van der Waals surface area contributed by atoms with E-state index >= 15 is 0 Å². The zero-order valence-electron chi connectivity index (χ0n) is 19.5. The highest BCUT2D eigenvalue weighted by Crippen LogP contribution is 2.10. The lowest BCUT2D eigenvalue weighted by Gasteiger charge is -2.29. The number of aromatic nitrogens is 2. The van der Waals surface area contributed by atoms with Gasteiger partial charge in [0.2, 0.25) is 0 Å². The summed E-state index contributed by atoms with van der Waals surface area (Å²) < 4.78 is 7.25. The Labute approximate surface area is 185 Å². The van der Waals surface area contributed by atoms with E-state index in [9.17, 15) is 4.79 Å². The number of hydrogen-bond acceptors (Lipinski definition) is 4. The minimum absolute atomic E-state index is 0.435. The second-order valence-corrected chi connectivity index (χ2v) is 9.08. The number of guanidine groups is 1. The summed E-state index contributed by atoms with van der Waals surface area (Å²) in [6.45, 7) is 13.9. The highest BCUT2D eigenvalue weighted by molar-refractivity contribution is 5.80. The molecular formula is C23H36N6O2. The van der Waals surface area contributed by atoms with Crippen molar-refractivity contribution in [1.29, 1.82) is 0 Å². The van der Waals surface area contributed by atoms with Gasteiger partial charge in [-0.15, -0.1) is 0 Å². The predicted molar refractivity (Wildman–Crippen MR) is 124 cm³/mol. The highest BCUT2D eigenvalue weighted by atomic mass is 16.6. The summed E-state index contributed by atoms with van der Waals surface area (Å²) in [6, 6.07) is 10.2. The van der Waals surface area contributed by atoms with Gasteiger partial charge in [-0.2, -0.15) is 5.10 Å². The van der Waals surface area contributed by atoms with Gasteiger partial charge in [0, 0.05) is 25.5 Å². The van der Waals surface area contributed by atoms with Crippen LogP contribution in [0.25, 0.3) is 0 Å². The minimum atomic E-state index is -0.532. The first-order chi connectivity index (χ1) is 14.6. The van der Waals surface area contributed by atoms with Crippen molar-refractivity contribution in [2.75, 3.05) is 13.1 Å². The second-order valence-electron chi connectivity index (χ2n) is 9.08. The van der Waals surface area contributed by atoms with Crippen LogP contribution in [0.5, 0.6) is 0 Å². The van der Waals surface area contributed by atoms with E-state index in [0.717, 1.165) is 18.7 Å². The topological polar surface area (TPSA) is 92.6 Å². The molecule has 0 radical (unpaired) electrons. The third-order valence-corrected chi connectivity index (χ3v) is 4.20. The number of nitrogens with zero attached hydrogens (tertiary/aromatic N) is 3. The standard InChI is InChI=1S/C23H36N6O2/c1-7-24-20(26-17-23(5,6)28-21(30)31-22(2,3)4)25-15-18-10-8-11-19(14-18)16-29-13-9-12-27-29/h8-14H,7,15-17H2,1-6H3,(H,28,30)(H2,24,25,26). The molecule has 1 amide bonds. The van der Waals surface area contributed by atoms with Crippen LogP contribution in [0.15, 0.2) is 47.7 Å². The molecule has 1 aromatic heterocycles. The number of ether oxygens (including phenoxy) is 1. The molecule has 0 unspecified atom stereocenters. The molecule has 0 atom stereocenters. The molecule has 0 saturated carbocycles. The van der Waals surface area contributed by atoms with Crippen LogP contribution in [-0.4, -0.2) is 46.1 Å². The van der Waals surface area contributed by atoms with Crippen molar-refractivity contribution < 1.29 is 9.53 Å². The van der Waals surface area contributed by atoms with Crippen LogP contribution in [0.1, 0.15) is 52.7 Å². The van der Waals surface area contributed by atoms with Crippen LogP contribution >= 0.6 is 0 Å². The van der Waals surface area contributed by atoms with Crippen LogP contribution < -0.4 is 16.0 Å². The summed E-state index contributed by atoms with van der Waals surface area (Å²) >= 11 is 0. The van der Waals surface area contributed by atoms with E-state index in [1.807, 2.05) is 64.6 Å². The fourth-order valence-electron chi connectivity index (χ4n) is 2.85. The lowest BCUT2D eigenvalue weighted by molar-refractivity contribution is 0.0474. The van der Waals surface area contributed by atoms with Crippen molar-refractivity contribution in [3.05, 3.63) is 53.9 Å². The SMILES string of the molecule is CCNC(=NCc1cccc(Cn2cccn2)c1)NCC(C)(C)NC(=O)OC(C)(C)C. The largest absolute Gasteiger partial charge is 0.444 e. The fraction of sp³-hybridized carbons (Fsp3) is 0.522. The smallest absolute Gasteiger partial charge is 0.408 e. The third kappa shape index (κ3) is 9.55. The van der Waals surface area contributed by atoms with E-state index in [-0.39, 0.29) is 0 Å². The number of rotatable bonds is 8. The Morgan fingerprint density at radius 1 is 1.13 bits per heavy atom. The average molecular weight is 429 g/mol. The van der Waals surface area contributed by atoms with Crippen LogP contribution in [0.2, 0.25) is 0 Å². The first-order valence-corrected chi connectivity index (χ1v) is 10.6. The molecule has 0 fully saturated rings. The molecule has 170 valence electrons. The van der Waals surface area contributed by atoms with Gasteiger partial charge in [-0.1, -0.05) is 24.3 Å². The normalized spacial score (nSPS) is 12.4. The van der Waals surface area contributed by atoms with Gasteiger partial charge in [0.05, 0.1) is 18.6 Å². The Morgan fingerprint density at radius 3 is 2.52 bits per heavy atom. The summed E-state index contributed by atoms with van der Waals surface area (Å²) in [4.78, 5) is 16.8. The molecular weight excluding hydrogens is 392 g/mol. The molecule has 0 aliphatic heterocycles. The average Bonchev–Trinajstić information content (AvgIpc) is 3.15. The lowest BCUT2D eigenvalue weighted by Crippen LogP contribution is -2.54. The number of carbonyl (C=O) groups is 1. The van der Waals surface area contributed by atoms with Crippen molar-refractivity contribution in [2.24, 2.45) is 4.99 Å². The summed E-state index contributed by atoms with van der Waals surface area (Å²) in [6.07, 6.45) is 3.29. The van der Waals surface area contributed by atoms with Gasteiger partial charge in [-0.3, -0.25) is 4.68 Å². The van der Waals surface area contributed by atoms with E-state index in [0.29, 0.717) is 19.0 Å². The molecule has 1 aromatic carbocycles. The predicted octanol–water partition coefficient (Wildman–Crippen LogP) is 3.29. The summed E-state index contributed by atoms with van der Waals surface area (Å²) in [5.41, 5.74) is 1.25. The number of nitrogens with one attached hydrogen (secondary N) is 3. The second kappa shape index (κ2) is 10.8. The van der Waals surface area contributed by atoms with Crippen molar-refractivity contribution in [3.63, 3.8) is 0 Å². The third-order valence-electron chi connectivity index (χ3n) is 4.20. The van der Waals surface area contributed by atoms with Crippen LogP contribution in [0.4, 0.5) is 4.79 Å². The molecule has 8 nitrogen and oxygen atoms in total. The zero-order valence-corrected chi connectivity index (χ0v) is 19.5. The Morgan fingerprint density at radius 2 is 1.87 bits per heavy atom. The molecule has 0 saturated heterocycles. The number of hydrogen-bond donors (Lipinski definition) is 3. The Bertz CT molecular complexity index is 853. The van der Waals surface area contributed by atoms with Crippen molar-refractivity contribution in [3.8, 4) is 0 Å². The number of carbonyl (C=O) groups excluding carboxylic acids is 1. The number of amides is 1. The summed E-state index contributed by atoms with van der Waals surface area (Å²) in [5, 5.41) is 13.7. The number of aliphatic imine (C=N–C) groups is 1. The molecule has 0 aliphatic rings. The quantitative estimate of drug-likeness (QED) is 0.443. The zero-order chi connectivity index (χ0) is 22.9. The Hall–Kier alpha value is -3.03. The molecule has 8 heteroatoms. The Kier molecular flexibility index (Phi) is 8.47. The molecule has 2 rings (SSSR count). The Balaban J connectivity index is 1.94. The first-order valence-electron chi connectivity index (χ1n) is 10.6. The van der Waals surface area contributed by atoms with Gasteiger partial charge in [-0.25, -0.2) is 9.79 Å². The summed E-state index contributed by atoms with van der Waals surface area (Å²) in [7, 11) is 0. The van der Waals surface area contributed by atoms with Crippen molar-refractivity contribution >= 4 is 12.1 Å². The van der Waals surface area contributed by atoms with Gasteiger partial charge in [0.25, 0.3) is 0 Å². The number of alkyl carbamates (subject to hydrolysis) is 1. The number of benzene rings is 1. The fourth-order valence-corrected chi connectivity index (χ4v) is 2.85. The maximum atomic E-state index is 12.1. The van der Waals surface area contributed by atoms with E-state index in [1.165, 1.54) is 5.56 Å². The molecule has 0 bridgehead atoms. The molecule has 1 heterocycles. The highest BCUT2D eigenvalue weighted by Gasteiger charge is 2.24. The maximum Gasteiger partial charge on any atom is 0.408 e. The van der Waals surface area contributed by atoms with Crippen molar-refractivity contribution in [2.45, 2.75) is 65.8 Å². The molecule has 2 aromatic rings.